The third-order valence-corrected chi connectivity index (χ3v) is 2.80. The van der Waals surface area contributed by atoms with Crippen LogP contribution < -0.4 is 5.56 Å². The highest BCUT2D eigenvalue weighted by Crippen LogP contribution is 2.15. The molecule has 0 saturated heterocycles. The molecule has 0 spiro atoms. The maximum absolute atomic E-state index is 12.0. The second-order valence-corrected chi connectivity index (χ2v) is 4.34. The first-order chi connectivity index (χ1) is 8.58. The summed E-state index contributed by atoms with van der Waals surface area (Å²) in [5.74, 6) is -0.237. The van der Waals surface area contributed by atoms with E-state index in [1.807, 2.05) is 0 Å². The third-order valence-electron chi connectivity index (χ3n) is 2.47. The van der Waals surface area contributed by atoms with Crippen LogP contribution in [0.1, 0.15) is 15.9 Å². The fraction of sp³-hybridized carbons (Fsp3) is 0.154. The van der Waals surface area contributed by atoms with E-state index < -0.39 is 0 Å². The van der Waals surface area contributed by atoms with Gasteiger partial charge in [-0.25, -0.2) is 4.68 Å². The molecular formula is C13H11ClN2O2. The molecule has 4 nitrogen and oxygen atoms in total. The topological polar surface area (TPSA) is 52.0 Å². The number of carbonyl (C=O) groups is 1. The fourth-order valence-electron chi connectivity index (χ4n) is 1.55. The van der Waals surface area contributed by atoms with Crippen molar-refractivity contribution in [2.45, 2.75) is 13.5 Å². The molecule has 0 unspecified atom stereocenters. The van der Waals surface area contributed by atoms with Gasteiger partial charge in [0.25, 0.3) is 5.56 Å². The van der Waals surface area contributed by atoms with Crippen molar-refractivity contribution >= 4 is 17.4 Å². The van der Waals surface area contributed by atoms with Crippen LogP contribution in [0.25, 0.3) is 0 Å². The molecule has 0 aliphatic carbocycles. The largest absolute Gasteiger partial charge is 0.292 e. The van der Waals surface area contributed by atoms with Crippen molar-refractivity contribution in [2.24, 2.45) is 0 Å². The number of aryl methyl sites for hydroxylation is 1. The molecule has 0 bridgehead atoms. The maximum atomic E-state index is 12.0. The molecule has 1 aromatic carbocycles. The molecule has 0 aliphatic rings. The van der Waals surface area contributed by atoms with Gasteiger partial charge < -0.3 is 0 Å². The van der Waals surface area contributed by atoms with Crippen LogP contribution in [0.5, 0.6) is 0 Å². The van der Waals surface area contributed by atoms with E-state index in [0.717, 1.165) is 10.2 Å². The number of rotatable bonds is 3. The monoisotopic (exact) mass is 262 g/mol. The number of benzene rings is 1. The van der Waals surface area contributed by atoms with Gasteiger partial charge in [-0.1, -0.05) is 23.7 Å². The zero-order valence-electron chi connectivity index (χ0n) is 9.76. The Morgan fingerprint density at radius 2 is 2.11 bits per heavy atom. The van der Waals surface area contributed by atoms with Crippen LogP contribution in [-0.4, -0.2) is 15.6 Å². The maximum Gasteiger partial charge on any atom is 0.267 e. The molecule has 0 atom stereocenters. The Morgan fingerprint density at radius 1 is 1.39 bits per heavy atom. The van der Waals surface area contributed by atoms with Crippen LogP contribution in [0.3, 0.4) is 0 Å². The zero-order valence-corrected chi connectivity index (χ0v) is 10.5. The molecule has 5 heteroatoms. The van der Waals surface area contributed by atoms with Gasteiger partial charge in [0.2, 0.25) is 0 Å². The van der Waals surface area contributed by atoms with Crippen LogP contribution in [0, 0.1) is 6.92 Å². The summed E-state index contributed by atoms with van der Waals surface area (Å²) >= 11 is 5.92. The summed E-state index contributed by atoms with van der Waals surface area (Å²) < 4.78 is 1.12. The summed E-state index contributed by atoms with van der Waals surface area (Å²) in [6.45, 7) is 1.66. The van der Waals surface area contributed by atoms with Crippen LogP contribution in [0.4, 0.5) is 0 Å². The molecule has 92 valence electrons. The number of Topliss-reactive ketones (excluding diaryl/α,β-unsaturated/α-hetero) is 1. The highest BCUT2D eigenvalue weighted by Gasteiger charge is 2.11. The van der Waals surface area contributed by atoms with Crippen molar-refractivity contribution in [1.29, 1.82) is 0 Å². The van der Waals surface area contributed by atoms with E-state index in [9.17, 15) is 9.59 Å². The second-order valence-electron chi connectivity index (χ2n) is 3.93. The van der Waals surface area contributed by atoms with Crippen LogP contribution in [0.2, 0.25) is 5.02 Å². The average Bonchev–Trinajstić information content (AvgIpc) is 2.33. The number of hydrogen-bond acceptors (Lipinski definition) is 3. The molecule has 1 heterocycles. The van der Waals surface area contributed by atoms with Crippen LogP contribution in [-0.2, 0) is 6.54 Å². The van der Waals surface area contributed by atoms with Crippen LogP contribution >= 0.6 is 11.6 Å². The Hall–Kier alpha value is -1.94. The Kier molecular flexibility index (Phi) is 3.58. The molecular weight excluding hydrogens is 252 g/mol. The summed E-state index contributed by atoms with van der Waals surface area (Å²) in [6.07, 6.45) is 1.54. The molecule has 0 N–H and O–H groups in total. The Bertz CT molecular complexity index is 649. The Balaban J connectivity index is 2.27. The summed E-state index contributed by atoms with van der Waals surface area (Å²) in [4.78, 5) is 23.6. The van der Waals surface area contributed by atoms with Gasteiger partial charge in [0, 0.05) is 11.6 Å². The Morgan fingerprint density at radius 3 is 2.78 bits per heavy atom. The SMILES string of the molecule is Cc1cnn(CC(=O)c2ccccc2Cl)c(=O)c1. The van der Waals surface area contributed by atoms with E-state index in [-0.39, 0.29) is 17.9 Å². The Labute approximate surface area is 109 Å². The average molecular weight is 263 g/mol. The van der Waals surface area contributed by atoms with Crippen molar-refractivity contribution in [3.8, 4) is 0 Å². The van der Waals surface area contributed by atoms with Gasteiger partial charge in [-0.15, -0.1) is 0 Å². The van der Waals surface area contributed by atoms with E-state index >= 15 is 0 Å². The predicted octanol–water partition coefficient (Wildman–Crippen LogP) is 2.09. The fourth-order valence-corrected chi connectivity index (χ4v) is 1.79. The van der Waals surface area contributed by atoms with Crippen molar-refractivity contribution in [3.05, 3.63) is 63.0 Å². The molecule has 2 aromatic rings. The van der Waals surface area contributed by atoms with E-state index in [2.05, 4.69) is 5.10 Å². The quantitative estimate of drug-likeness (QED) is 0.796. The first-order valence-electron chi connectivity index (χ1n) is 5.39. The molecule has 0 radical (unpaired) electrons. The summed E-state index contributed by atoms with van der Waals surface area (Å²) in [6, 6.07) is 8.18. The van der Waals surface area contributed by atoms with Crippen LogP contribution in [0.15, 0.2) is 41.3 Å². The van der Waals surface area contributed by atoms with E-state index in [0.29, 0.717) is 10.6 Å². The minimum Gasteiger partial charge on any atom is -0.292 e. The lowest BCUT2D eigenvalue weighted by atomic mass is 10.1. The normalized spacial score (nSPS) is 10.3. The molecule has 0 amide bonds. The van der Waals surface area contributed by atoms with E-state index in [1.54, 1.807) is 37.4 Å². The molecule has 2 rings (SSSR count). The van der Waals surface area contributed by atoms with Gasteiger partial charge in [0.1, 0.15) is 6.54 Å². The van der Waals surface area contributed by atoms with Crippen molar-refractivity contribution in [3.63, 3.8) is 0 Å². The summed E-state index contributed by atoms with van der Waals surface area (Å²) in [7, 11) is 0. The molecule has 0 aliphatic heterocycles. The van der Waals surface area contributed by atoms with Gasteiger partial charge >= 0.3 is 0 Å². The second kappa shape index (κ2) is 5.14. The minimum atomic E-state index is -0.296. The minimum absolute atomic E-state index is 0.108. The lowest BCUT2D eigenvalue weighted by Crippen LogP contribution is -2.26. The first-order valence-corrected chi connectivity index (χ1v) is 5.77. The summed E-state index contributed by atoms with van der Waals surface area (Å²) in [5, 5.41) is 4.29. The third kappa shape index (κ3) is 2.65. The van der Waals surface area contributed by atoms with Gasteiger partial charge in [-0.2, -0.15) is 5.10 Å². The number of hydrogen-bond donors (Lipinski definition) is 0. The molecule has 1 aromatic heterocycles. The van der Waals surface area contributed by atoms with Crippen molar-refractivity contribution < 1.29 is 4.79 Å². The van der Waals surface area contributed by atoms with Gasteiger partial charge in [0.15, 0.2) is 5.78 Å². The molecule has 18 heavy (non-hydrogen) atoms. The lowest BCUT2D eigenvalue weighted by Gasteiger charge is -2.05. The highest BCUT2D eigenvalue weighted by molar-refractivity contribution is 6.33. The highest BCUT2D eigenvalue weighted by atomic mass is 35.5. The van der Waals surface area contributed by atoms with Crippen molar-refractivity contribution in [1.82, 2.24) is 9.78 Å². The van der Waals surface area contributed by atoms with Gasteiger partial charge in [-0.05, 0) is 24.6 Å². The van der Waals surface area contributed by atoms with E-state index in [1.165, 1.54) is 6.07 Å². The van der Waals surface area contributed by atoms with E-state index in [4.69, 9.17) is 11.6 Å². The lowest BCUT2D eigenvalue weighted by molar-refractivity contribution is 0.0965. The predicted molar refractivity (Wildman–Crippen MR) is 69.0 cm³/mol. The number of ketones is 1. The smallest absolute Gasteiger partial charge is 0.267 e. The molecule has 0 saturated carbocycles. The first kappa shape index (κ1) is 12.5. The van der Waals surface area contributed by atoms with Crippen molar-refractivity contribution in [2.75, 3.05) is 0 Å². The summed E-state index contributed by atoms with van der Waals surface area (Å²) in [5.41, 5.74) is 0.866. The number of aromatic nitrogens is 2. The van der Waals surface area contributed by atoms with Gasteiger partial charge in [-0.3, -0.25) is 9.59 Å². The number of nitrogens with zero attached hydrogens (tertiary/aromatic N) is 2. The number of halogens is 1. The number of carbonyl (C=O) groups excluding carboxylic acids is 1. The zero-order chi connectivity index (χ0) is 13.1. The standard InChI is InChI=1S/C13H11ClN2O2/c1-9-6-13(18)16(15-7-9)8-12(17)10-4-2-3-5-11(10)14/h2-7H,8H2,1H3. The van der Waals surface area contributed by atoms with Gasteiger partial charge in [0.05, 0.1) is 11.2 Å². The molecule has 0 fully saturated rings.